The highest BCUT2D eigenvalue weighted by Crippen LogP contribution is 2.37. The molecular weight excluding hydrogens is 242 g/mol. The Kier molecular flexibility index (Phi) is 3.36. The van der Waals surface area contributed by atoms with Crippen LogP contribution < -0.4 is 4.90 Å². The number of carboxylic acid groups (broad SMARTS) is 1. The van der Waals surface area contributed by atoms with Crippen LogP contribution in [0, 0.1) is 11.8 Å². The number of piperidine rings is 1. The maximum Gasteiger partial charge on any atom is 0.358 e. The largest absolute Gasteiger partial charge is 0.476 e. The van der Waals surface area contributed by atoms with Crippen molar-refractivity contribution in [2.24, 2.45) is 11.8 Å². The minimum Gasteiger partial charge on any atom is -0.476 e. The Hall–Kier alpha value is -1.65. The summed E-state index contributed by atoms with van der Waals surface area (Å²) in [6, 6.07) is 0. The molecule has 1 aromatic heterocycles. The van der Waals surface area contributed by atoms with Crippen LogP contribution in [0.3, 0.4) is 0 Å². The smallest absolute Gasteiger partial charge is 0.358 e. The van der Waals surface area contributed by atoms with Crippen molar-refractivity contribution in [1.29, 1.82) is 0 Å². The molecule has 2 heterocycles. The monoisotopic (exact) mass is 261 g/mol. The molecule has 0 bridgehead atoms. The van der Waals surface area contributed by atoms with E-state index in [1.807, 2.05) is 0 Å². The molecule has 2 unspecified atom stereocenters. The van der Waals surface area contributed by atoms with E-state index < -0.39 is 5.97 Å². The molecule has 2 atom stereocenters. The number of anilines is 1. The van der Waals surface area contributed by atoms with Crippen molar-refractivity contribution in [2.45, 2.75) is 32.1 Å². The standard InChI is InChI=1S/C14H19N3O2/c18-14(19)12-13(16-7-6-15-12)17-8-5-10-3-1-2-4-11(10)9-17/h6-7,10-11H,1-5,8-9H2,(H,18,19). The molecule has 19 heavy (non-hydrogen) atoms. The van der Waals surface area contributed by atoms with E-state index in [1.165, 1.54) is 31.9 Å². The number of rotatable bonds is 2. The molecule has 5 nitrogen and oxygen atoms in total. The Bertz CT molecular complexity index is 478. The van der Waals surface area contributed by atoms with Gasteiger partial charge < -0.3 is 10.0 Å². The van der Waals surface area contributed by atoms with Crippen molar-refractivity contribution in [1.82, 2.24) is 9.97 Å². The lowest BCUT2D eigenvalue weighted by atomic mass is 9.75. The quantitative estimate of drug-likeness (QED) is 0.884. The van der Waals surface area contributed by atoms with Crippen LogP contribution in [0.4, 0.5) is 5.82 Å². The number of aromatic carboxylic acids is 1. The fourth-order valence-electron chi connectivity index (χ4n) is 3.51. The molecular formula is C14H19N3O2. The summed E-state index contributed by atoms with van der Waals surface area (Å²) < 4.78 is 0. The number of hydrogen-bond acceptors (Lipinski definition) is 4. The molecule has 0 radical (unpaired) electrons. The van der Waals surface area contributed by atoms with Gasteiger partial charge in [0.15, 0.2) is 11.5 Å². The van der Waals surface area contributed by atoms with Crippen LogP contribution in [0.1, 0.15) is 42.6 Å². The zero-order valence-electron chi connectivity index (χ0n) is 11.0. The second-order valence-electron chi connectivity index (χ2n) is 5.57. The lowest BCUT2D eigenvalue weighted by molar-refractivity contribution is 0.0690. The van der Waals surface area contributed by atoms with Crippen molar-refractivity contribution in [3.05, 3.63) is 18.1 Å². The molecule has 1 N–H and O–H groups in total. The summed E-state index contributed by atoms with van der Waals surface area (Å²) in [5, 5.41) is 9.20. The first kappa shape index (κ1) is 12.4. The van der Waals surface area contributed by atoms with Gasteiger partial charge in [0.1, 0.15) is 0 Å². The van der Waals surface area contributed by atoms with Crippen LogP contribution in [0.2, 0.25) is 0 Å². The van der Waals surface area contributed by atoms with Gasteiger partial charge in [0.25, 0.3) is 0 Å². The lowest BCUT2D eigenvalue weighted by Gasteiger charge is -2.41. The first-order chi connectivity index (χ1) is 9.25. The molecule has 102 valence electrons. The lowest BCUT2D eigenvalue weighted by Crippen LogP contribution is -2.42. The third-order valence-corrected chi connectivity index (χ3v) is 4.47. The molecule has 0 aromatic carbocycles. The fourth-order valence-corrected chi connectivity index (χ4v) is 3.51. The predicted molar refractivity (Wildman–Crippen MR) is 71.3 cm³/mol. The summed E-state index contributed by atoms with van der Waals surface area (Å²) in [6.45, 7) is 1.84. The van der Waals surface area contributed by atoms with Gasteiger partial charge in [0.05, 0.1) is 0 Å². The van der Waals surface area contributed by atoms with E-state index in [1.54, 1.807) is 6.20 Å². The Morgan fingerprint density at radius 2 is 1.89 bits per heavy atom. The summed E-state index contributed by atoms with van der Waals surface area (Å²) in [4.78, 5) is 21.5. The maximum absolute atomic E-state index is 11.2. The normalized spacial score (nSPS) is 26.8. The highest BCUT2D eigenvalue weighted by molar-refractivity contribution is 5.90. The molecule has 3 rings (SSSR count). The highest BCUT2D eigenvalue weighted by Gasteiger charge is 2.33. The summed E-state index contributed by atoms with van der Waals surface area (Å²) in [7, 11) is 0. The second kappa shape index (κ2) is 5.15. The molecule has 1 aliphatic heterocycles. The van der Waals surface area contributed by atoms with Crippen LogP contribution in [-0.2, 0) is 0 Å². The van der Waals surface area contributed by atoms with Crippen LogP contribution >= 0.6 is 0 Å². The number of carboxylic acids is 1. The minimum absolute atomic E-state index is 0.0803. The number of nitrogens with zero attached hydrogens (tertiary/aromatic N) is 3. The van der Waals surface area contributed by atoms with Crippen molar-refractivity contribution in [3.8, 4) is 0 Å². The summed E-state index contributed by atoms with van der Waals surface area (Å²) in [5.74, 6) is 1.08. The molecule has 2 aliphatic rings. The Morgan fingerprint density at radius 3 is 2.68 bits per heavy atom. The van der Waals surface area contributed by atoms with Crippen molar-refractivity contribution in [3.63, 3.8) is 0 Å². The van der Waals surface area contributed by atoms with E-state index in [4.69, 9.17) is 0 Å². The molecule has 2 fully saturated rings. The van der Waals surface area contributed by atoms with Crippen LogP contribution in [0.15, 0.2) is 12.4 Å². The van der Waals surface area contributed by atoms with Crippen LogP contribution in [0.5, 0.6) is 0 Å². The van der Waals surface area contributed by atoms with Gasteiger partial charge in [-0.15, -0.1) is 0 Å². The van der Waals surface area contributed by atoms with E-state index in [0.29, 0.717) is 11.7 Å². The fraction of sp³-hybridized carbons (Fsp3) is 0.643. The van der Waals surface area contributed by atoms with E-state index >= 15 is 0 Å². The summed E-state index contributed by atoms with van der Waals surface area (Å²) >= 11 is 0. The number of aromatic nitrogens is 2. The van der Waals surface area contributed by atoms with Gasteiger partial charge in [-0.2, -0.15) is 0 Å². The van der Waals surface area contributed by atoms with Crippen molar-refractivity contribution < 1.29 is 9.90 Å². The first-order valence-electron chi connectivity index (χ1n) is 7.05. The average Bonchev–Trinajstić information content (AvgIpc) is 2.46. The Labute approximate surface area is 112 Å². The van der Waals surface area contributed by atoms with Crippen LogP contribution in [-0.4, -0.2) is 34.1 Å². The van der Waals surface area contributed by atoms with Gasteiger partial charge in [-0.25, -0.2) is 14.8 Å². The summed E-state index contributed by atoms with van der Waals surface area (Å²) in [5.41, 5.74) is 0.0803. The van der Waals surface area contributed by atoms with Crippen molar-refractivity contribution in [2.75, 3.05) is 18.0 Å². The van der Waals surface area contributed by atoms with Gasteiger partial charge in [0, 0.05) is 25.5 Å². The zero-order valence-corrected chi connectivity index (χ0v) is 11.0. The average molecular weight is 261 g/mol. The minimum atomic E-state index is -0.992. The zero-order chi connectivity index (χ0) is 13.2. The number of carbonyl (C=O) groups is 1. The molecule has 5 heteroatoms. The first-order valence-corrected chi connectivity index (χ1v) is 7.05. The van der Waals surface area contributed by atoms with E-state index in [-0.39, 0.29) is 5.69 Å². The molecule has 0 amide bonds. The van der Waals surface area contributed by atoms with Gasteiger partial charge in [-0.3, -0.25) is 0 Å². The number of hydrogen-bond donors (Lipinski definition) is 1. The molecule has 1 aliphatic carbocycles. The van der Waals surface area contributed by atoms with E-state index in [9.17, 15) is 9.90 Å². The molecule has 1 saturated heterocycles. The molecule has 1 saturated carbocycles. The van der Waals surface area contributed by atoms with Gasteiger partial charge >= 0.3 is 5.97 Å². The van der Waals surface area contributed by atoms with Gasteiger partial charge in [0.2, 0.25) is 0 Å². The molecule has 0 spiro atoms. The summed E-state index contributed by atoms with van der Waals surface area (Å²) in [6.07, 6.45) is 9.44. The van der Waals surface area contributed by atoms with Gasteiger partial charge in [-0.05, 0) is 24.7 Å². The van der Waals surface area contributed by atoms with Crippen LogP contribution in [0.25, 0.3) is 0 Å². The SMILES string of the molecule is O=C(O)c1nccnc1N1CCC2CCCCC2C1. The topological polar surface area (TPSA) is 66.3 Å². The van der Waals surface area contributed by atoms with E-state index in [2.05, 4.69) is 14.9 Å². The predicted octanol–water partition coefficient (Wildman–Crippen LogP) is 2.19. The van der Waals surface area contributed by atoms with Gasteiger partial charge in [-0.1, -0.05) is 19.3 Å². The third kappa shape index (κ3) is 2.41. The van der Waals surface area contributed by atoms with Crippen molar-refractivity contribution >= 4 is 11.8 Å². The Morgan fingerprint density at radius 1 is 1.16 bits per heavy atom. The second-order valence-corrected chi connectivity index (χ2v) is 5.57. The molecule has 1 aromatic rings. The maximum atomic E-state index is 11.2. The highest BCUT2D eigenvalue weighted by atomic mass is 16.4. The number of fused-ring (bicyclic) bond motifs is 1. The third-order valence-electron chi connectivity index (χ3n) is 4.47. The van der Waals surface area contributed by atoms with E-state index in [0.717, 1.165) is 25.4 Å². The Balaban J connectivity index is 1.81.